The minimum Gasteiger partial charge on any atom is -0.342 e. The number of rotatable bonds is 5. The second-order valence-corrected chi connectivity index (χ2v) is 7.41. The number of hydrogen-bond acceptors (Lipinski definition) is 4. The molecule has 0 N–H and O–H groups in total. The van der Waals surface area contributed by atoms with E-state index in [1.807, 2.05) is 25.1 Å². The van der Waals surface area contributed by atoms with E-state index in [2.05, 4.69) is 38.2 Å². The van der Waals surface area contributed by atoms with E-state index in [1.54, 1.807) is 6.20 Å². The number of carbonyl (C=O) groups is 1. The number of likely N-dealkylation sites (tertiary alicyclic amines) is 1. The Balaban J connectivity index is 1.71. The van der Waals surface area contributed by atoms with Crippen LogP contribution in [0.5, 0.6) is 0 Å². The maximum absolute atomic E-state index is 12.4. The number of imidazole rings is 1. The molecule has 1 atom stereocenters. The van der Waals surface area contributed by atoms with Gasteiger partial charge < -0.3 is 14.0 Å². The summed E-state index contributed by atoms with van der Waals surface area (Å²) in [6, 6.07) is 0. The standard InChI is InChI=1S/C18H28N6O/c1-13(2)10-17(25)24-8-5-6-15(11-24)18-21-20-16(22(18)4)12-23-9-7-19-14(23)3/h7,9,13,15H,5-6,8,10-12H2,1-4H3/t15-/m0/s1. The predicted molar refractivity (Wildman–Crippen MR) is 95.1 cm³/mol. The van der Waals surface area contributed by atoms with Gasteiger partial charge in [0.2, 0.25) is 5.91 Å². The van der Waals surface area contributed by atoms with Gasteiger partial charge in [-0.25, -0.2) is 4.98 Å². The molecule has 136 valence electrons. The first kappa shape index (κ1) is 17.6. The first-order valence-electron chi connectivity index (χ1n) is 9.09. The lowest BCUT2D eigenvalue weighted by atomic mass is 9.96. The van der Waals surface area contributed by atoms with Crippen LogP contribution in [0, 0.1) is 12.8 Å². The fraction of sp³-hybridized carbons (Fsp3) is 0.667. The molecule has 2 aromatic heterocycles. The normalized spacial score (nSPS) is 18.1. The first-order valence-corrected chi connectivity index (χ1v) is 9.09. The topological polar surface area (TPSA) is 68.8 Å². The molecular formula is C18H28N6O. The lowest BCUT2D eigenvalue weighted by Crippen LogP contribution is -2.40. The van der Waals surface area contributed by atoms with Gasteiger partial charge in [-0.1, -0.05) is 13.8 Å². The molecular weight excluding hydrogens is 316 g/mol. The number of carbonyl (C=O) groups excluding carboxylic acids is 1. The van der Waals surface area contributed by atoms with Crippen molar-refractivity contribution >= 4 is 5.91 Å². The summed E-state index contributed by atoms with van der Waals surface area (Å²) in [5.41, 5.74) is 0. The van der Waals surface area contributed by atoms with Gasteiger partial charge in [-0.05, 0) is 25.7 Å². The summed E-state index contributed by atoms with van der Waals surface area (Å²) < 4.78 is 4.15. The van der Waals surface area contributed by atoms with Gasteiger partial charge in [0, 0.05) is 44.9 Å². The molecule has 3 rings (SSSR count). The van der Waals surface area contributed by atoms with Crippen molar-refractivity contribution in [1.82, 2.24) is 29.2 Å². The van der Waals surface area contributed by atoms with E-state index in [9.17, 15) is 4.79 Å². The Morgan fingerprint density at radius 3 is 2.84 bits per heavy atom. The minimum atomic E-state index is 0.260. The zero-order valence-electron chi connectivity index (χ0n) is 15.6. The second kappa shape index (κ2) is 7.37. The van der Waals surface area contributed by atoms with E-state index in [0.717, 1.165) is 43.4 Å². The molecule has 0 unspecified atom stereocenters. The molecule has 0 aliphatic carbocycles. The lowest BCUT2D eigenvalue weighted by Gasteiger charge is -2.32. The molecule has 0 radical (unpaired) electrons. The zero-order chi connectivity index (χ0) is 18.0. The van der Waals surface area contributed by atoms with Crippen LogP contribution in [0.4, 0.5) is 0 Å². The smallest absolute Gasteiger partial charge is 0.222 e. The Hall–Kier alpha value is -2.18. The molecule has 1 amide bonds. The SMILES string of the molecule is Cc1nccn1Cc1nnc([C@H]2CCCN(C(=O)CC(C)C)C2)n1C. The number of hydrogen-bond donors (Lipinski definition) is 0. The minimum absolute atomic E-state index is 0.260. The molecule has 0 spiro atoms. The summed E-state index contributed by atoms with van der Waals surface area (Å²) in [5, 5.41) is 8.83. The Morgan fingerprint density at radius 1 is 1.36 bits per heavy atom. The van der Waals surface area contributed by atoms with Crippen molar-refractivity contribution in [3.05, 3.63) is 29.9 Å². The summed E-state index contributed by atoms with van der Waals surface area (Å²) in [7, 11) is 2.02. The number of piperidine rings is 1. The summed E-state index contributed by atoms with van der Waals surface area (Å²) in [6.45, 7) is 8.44. The van der Waals surface area contributed by atoms with E-state index < -0.39 is 0 Å². The van der Waals surface area contributed by atoms with Crippen LogP contribution >= 0.6 is 0 Å². The molecule has 0 bridgehead atoms. The fourth-order valence-corrected chi connectivity index (χ4v) is 3.48. The first-order chi connectivity index (χ1) is 12.0. The molecule has 1 saturated heterocycles. The van der Waals surface area contributed by atoms with Crippen molar-refractivity contribution in [3.63, 3.8) is 0 Å². The summed E-state index contributed by atoms with van der Waals surface area (Å²) in [6.07, 6.45) is 6.46. The summed E-state index contributed by atoms with van der Waals surface area (Å²) >= 11 is 0. The van der Waals surface area contributed by atoms with E-state index in [1.165, 1.54) is 0 Å². The zero-order valence-corrected chi connectivity index (χ0v) is 15.6. The van der Waals surface area contributed by atoms with E-state index in [0.29, 0.717) is 18.9 Å². The highest BCUT2D eigenvalue weighted by Gasteiger charge is 2.28. The maximum atomic E-state index is 12.4. The van der Waals surface area contributed by atoms with Crippen molar-refractivity contribution in [2.75, 3.05) is 13.1 Å². The van der Waals surface area contributed by atoms with Gasteiger partial charge in [-0.3, -0.25) is 4.79 Å². The van der Waals surface area contributed by atoms with Crippen molar-refractivity contribution < 1.29 is 4.79 Å². The van der Waals surface area contributed by atoms with Crippen LogP contribution in [0.2, 0.25) is 0 Å². The largest absolute Gasteiger partial charge is 0.342 e. The Morgan fingerprint density at radius 2 is 2.16 bits per heavy atom. The Labute approximate surface area is 149 Å². The Kier molecular flexibility index (Phi) is 5.20. The van der Waals surface area contributed by atoms with Crippen LogP contribution in [0.25, 0.3) is 0 Å². The third-order valence-electron chi connectivity index (χ3n) is 4.96. The predicted octanol–water partition coefficient (Wildman–Crippen LogP) is 2.12. The third kappa shape index (κ3) is 3.91. The number of amides is 1. The quantitative estimate of drug-likeness (QED) is 0.833. The molecule has 1 fully saturated rings. The molecule has 7 nitrogen and oxygen atoms in total. The van der Waals surface area contributed by atoms with Crippen molar-refractivity contribution in [2.45, 2.75) is 52.5 Å². The molecule has 1 aliphatic heterocycles. The molecule has 3 heterocycles. The van der Waals surface area contributed by atoms with E-state index >= 15 is 0 Å². The average molecular weight is 344 g/mol. The second-order valence-electron chi connectivity index (χ2n) is 7.41. The molecule has 0 aromatic carbocycles. The number of aromatic nitrogens is 5. The van der Waals surface area contributed by atoms with Crippen LogP contribution in [0.3, 0.4) is 0 Å². The molecule has 25 heavy (non-hydrogen) atoms. The number of aryl methyl sites for hydroxylation is 1. The van der Waals surface area contributed by atoms with Crippen LogP contribution in [0.1, 0.15) is 56.5 Å². The van der Waals surface area contributed by atoms with Gasteiger partial charge in [0.25, 0.3) is 0 Å². The average Bonchev–Trinajstić information content (AvgIpc) is 3.14. The summed E-state index contributed by atoms with van der Waals surface area (Å²) in [4.78, 5) is 18.7. The van der Waals surface area contributed by atoms with Crippen LogP contribution in [-0.4, -0.2) is 48.2 Å². The maximum Gasteiger partial charge on any atom is 0.222 e. The highest BCUT2D eigenvalue weighted by molar-refractivity contribution is 5.76. The summed E-state index contributed by atoms with van der Waals surface area (Å²) in [5.74, 6) is 3.79. The van der Waals surface area contributed by atoms with Crippen molar-refractivity contribution in [2.24, 2.45) is 13.0 Å². The molecule has 2 aromatic rings. The van der Waals surface area contributed by atoms with Crippen molar-refractivity contribution in [1.29, 1.82) is 0 Å². The molecule has 1 aliphatic rings. The lowest BCUT2D eigenvalue weighted by molar-refractivity contribution is -0.133. The van der Waals surface area contributed by atoms with Gasteiger partial charge >= 0.3 is 0 Å². The Bertz CT molecular complexity index is 732. The van der Waals surface area contributed by atoms with Crippen LogP contribution < -0.4 is 0 Å². The molecule has 0 saturated carbocycles. The van der Waals surface area contributed by atoms with Crippen molar-refractivity contribution in [3.8, 4) is 0 Å². The van der Waals surface area contributed by atoms with Gasteiger partial charge in [-0.2, -0.15) is 0 Å². The monoisotopic (exact) mass is 344 g/mol. The van der Waals surface area contributed by atoms with Gasteiger partial charge in [0.15, 0.2) is 5.82 Å². The molecule has 7 heteroatoms. The van der Waals surface area contributed by atoms with E-state index in [4.69, 9.17) is 0 Å². The highest BCUT2D eigenvalue weighted by atomic mass is 16.2. The fourth-order valence-electron chi connectivity index (χ4n) is 3.48. The highest BCUT2D eigenvalue weighted by Crippen LogP contribution is 2.26. The van der Waals surface area contributed by atoms with Gasteiger partial charge in [0.1, 0.15) is 11.6 Å². The third-order valence-corrected chi connectivity index (χ3v) is 4.96. The number of nitrogens with zero attached hydrogens (tertiary/aromatic N) is 6. The van der Waals surface area contributed by atoms with Crippen LogP contribution in [0.15, 0.2) is 12.4 Å². The van der Waals surface area contributed by atoms with E-state index in [-0.39, 0.29) is 11.8 Å². The van der Waals surface area contributed by atoms with Crippen LogP contribution in [-0.2, 0) is 18.4 Å². The van der Waals surface area contributed by atoms with Gasteiger partial charge in [-0.15, -0.1) is 10.2 Å². The van der Waals surface area contributed by atoms with Gasteiger partial charge in [0.05, 0.1) is 6.54 Å².